The first-order valence-corrected chi connectivity index (χ1v) is 13.1. The van der Waals surface area contributed by atoms with Gasteiger partial charge in [0.15, 0.2) is 0 Å². The van der Waals surface area contributed by atoms with Crippen molar-refractivity contribution in [2.24, 2.45) is 40.9 Å². The Morgan fingerprint density at radius 3 is 2.74 bits per heavy atom. The van der Waals surface area contributed by atoms with E-state index >= 15 is 0 Å². The lowest BCUT2D eigenvalue weighted by molar-refractivity contribution is -0.145. The largest absolute Gasteiger partial charge is 0.393 e. The van der Waals surface area contributed by atoms with Gasteiger partial charge >= 0.3 is 0 Å². The molecule has 2 aliphatic heterocycles. The van der Waals surface area contributed by atoms with Gasteiger partial charge in [0.05, 0.1) is 17.8 Å². The molecule has 0 aromatic rings. The molecule has 2 heterocycles. The third-order valence-electron chi connectivity index (χ3n) is 11.2. The average molecular weight is 428 g/mol. The highest BCUT2D eigenvalue weighted by molar-refractivity contribution is 5.83. The molecule has 6 aliphatic rings. The SMILES string of the molecule is CC1=C2C[C@H]3[C@@H](CC(=O)C4C[C@@H](O)CC[C@@]43C)[C@@H]2CC[C@]12OC1C[C@H](C)CN[C@H]1[C@H]2C. The Morgan fingerprint density at radius 1 is 1.13 bits per heavy atom. The molecule has 11 atom stereocenters. The summed E-state index contributed by atoms with van der Waals surface area (Å²) in [5, 5.41) is 14.1. The Labute approximate surface area is 187 Å². The van der Waals surface area contributed by atoms with Gasteiger partial charge in [-0.3, -0.25) is 4.79 Å². The number of fused-ring (bicyclic) bond motifs is 6. The van der Waals surface area contributed by atoms with Crippen molar-refractivity contribution in [3.05, 3.63) is 11.1 Å². The number of aliphatic hydroxyl groups excluding tert-OH is 1. The fourth-order valence-electron chi connectivity index (χ4n) is 9.46. The van der Waals surface area contributed by atoms with Crippen LogP contribution in [0.25, 0.3) is 0 Å². The molecule has 0 aromatic heterocycles. The van der Waals surface area contributed by atoms with Gasteiger partial charge in [0.1, 0.15) is 5.78 Å². The van der Waals surface area contributed by atoms with Gasteiger partial charge in [0, 0.05) is 24.3 Å². The zero-order valence-electron chi connectivity index (χ0n) is 19.8. The molecular weight excluding hydrogens is 386 g/mol. The van der Waals surface area contributed by atoms with Crippen molar-refractivity contribution in [1.29, 1.82) is 0 Å². The second-order valence-corrected chi connectivity index (χ2v) is 12.5. The Bertz CT molecular complexity index is 821. The van der Waals surface area contributed by atoms with Crippen molar-refractivity contribution < 1.29 is 14.6 Å². The lowest BCUT2D eigenvalue weighted by Gasteiger charge is -2.52. The molecule has 6 rings (SSSR count). The van der Waals surface area contributed by atoms with Gasteiger partial charge in [-0.2, -0.15) is 0 Å². The molecule has 1 spiro atoms. The van der Waals surface area contributed by atoms with E-state index in [0.717, 1.165) is 38.6 Å². The Hall–Kier alpha value is -0.710. The molecule has 0 bridgehead atoms. The predicted molar refractivity (Wildman–Crippen MR) is 120 cm³/mol. The Balaban J connectivity index is 1.35. The monoisotopic (exact) mass is 427 g/mol. The first kappa shape index (κ1) is 20.9. The number of piperidine rings is 1. The molecule has 2 N–H and O–H groups in total. The molecule has 4 aliphatic carbocycles. The molecule has 0 aromatic carbocycles. The minimum Gasteiger partial charge on any atom is -0.393 e. The van der Waals surface area contributed by atoms with Crippen molar-refractivity contribution in [3.63, 3.8) is 0 Å². The summed E-state index contributed by atoms with van der Waals surface area (Å²) in [7, 11) is 0. The summed E-state index contributed by atoms with van der Waals surface area (Å²) in [5.74, 6) is 3.41. The minimum atomic E-state index is -0.280. The molecule has 0 amide bonds. The predicted octanol–water partition coefficient (Wildman–Crippen LogP) is 4.26. The van der Waals surface area contributed by atoms with E-state index in [0.29, 0.717) is 53.9 Å². The Kier molecular flexibility index (Phi) is 4.64. The van der Waals surface area contributed by atoms with Crippen molar-refractivity contribution in [2.75, 3.05) is 6.54 Å². The highest BCUT2D eigenvalue weighted by Gasteiger charge is 2.62. The van der Waals surface area contributed by atoms with E-state index in [2.05, 4.69) is 33.0 Å². The van der Waals surface area contributed by atoms with E-state index in [-0.39, 0.29) is 23.0 Å². The van der Waals surface area contributed by atoms with Crippen LogP contribution in [0, 0.1) is 40.9 Å². The normalized spacial score (nSPS) is 56.3. The molecular formula is C27H41NO3. The summed E-state index contributed by atoms with van der Waals surface area (Å²) < 4.78 is 7.00. The standard InChI is InChI=1S/C27H41NO3/c1-14-9-24-25(28-13-14)16(3)27(31-24)8-6-18-19(15(27)2)11-21-20(18)12-23(30)22-10-17(29)5-7-26(21,22)4/h14,16-18,20-22,24-25,28-29H,5-13H2,1-4H3/t14-,16+,17-,18+,20-,21-,22?,24?,25-,26+,27-/m0/s1. The summed E-state index contributed by atoms with van der Waals surface area (Å²) in [6, 6.07) is 0.482. The van der Waals surface area contributed by atoms with Crippen LogP contribution in [0.4, 0.5) is 0 Å². The molecule has 3 saturated carbocycles. The lowest BCUT2D eigenvalue weighted by atomic mass is 9.51. The zero-order chi connectivity index (χ0) is 21.7. The Morgan fingerprint density at radius 2 is 1.94 bits per heavy atom. The summed E-state index contributed by atoms with van der Waals surface area (Å²) in [6.07, 6.45) is 8.02. The van der Waals surface area contributed by atoms with Gasteiger partial charge in [-0.05, 0) is 93.1 Å². The molecule has 4 nitrogen and oxygen atoms in total. The molecule has 31 heavy (non-hydrogen) atoms. The fourth-order valence-corrected chi connectivity index (χ4v) is 9.46. The van der Waals surface area contributed by atoms with E-state index < -0.39 is 0 Å². The average Bonchev–Trinajstić information content (AvgIpc) is 3.23. The summed E-state index contributed by atoms with van der Waals surface area (Å²) in [4.78, 5) is 13.2. The number of hydrogen-bond acceptors (Lipinski definition) is 4. The smallest absolute Gasteiger partial charge is 0.136 e. The number of Topliss-reactive ketones (excluding diaryl/α,β-unsaturated/α-hetero) is 1. The first-order valence-electron chi connectivity index (χ1n) is 13.1. The third kappa shape index (κ3) is 2.74. The van der Waals surface area contributed by atoms with E-state index in [1.165, 1.54) is 18.4 Å². The van der Waals surface area contributed by atoms with Gasteiger partial charge in [0.25, 0.3) is 0 Å². The van der Waals surface area contributed by atoms with Crippen LogP contribution >= 0.6 is 0 Å². The number of ketones is 1. The molecule has 2 unspecified atom stereocenters. The lowest BCUT2D eigenvalue weighted by Crippen LogP contribution is -2.51. The fraction of sp³-hybridized carbons (Fsp3) is 0.889. The second kappa shape index (κ2) is 6.90. The van der Waals surface area contributed by atoms with Crippen LogP contribution in [0.2, 0.25) is 0 Å². The quantitative estimate of drug-likeness (QED) is 0.567. The number of ether oxygens (including phenoxy) is 1. The molecule has 172 valence electrons. The number of aliphatic hydroxyl groups is 1. The van der Waals surface area contributed by atoms with Crippen LogP contribution in [0.5, 0.6) is 0 Å². The van der Waals surface area contributed by atoms with E-state index in [9.17, 15) is 9.90 Å². The van der Waals surface area contributed by atoms with Gasteiger partial charge in [-0.1, -0.05) is 26.3 Å². The number of allylic oxidation sites excluding steroid dienone is 1. The number of rotatable bonds is 0. The van der Waals surface area contributed by atoms with Crippen LogP contribution in [-0.4, -0.2) is 41.3 Å². The molecule has 0 radical (unpaired) electrons. The second-order valence-electron chi connectivity index (χ2n) is 12.5. The van der Waals surface area contributed by atoms with Crippen molar-refractivity contribution >= 4 is 5.78 Å². The number of nitrogens with one attached hydrogen (secondary N) is 1. The molecule has 4 heteroatoms. The summed E-state index contributed by atoms with van der Waals surface area (Å²) >= 11 is 0. The zero-order valence-corrected chi connectivity index (χ0v) is 19.8. The summed E-state index contributed by atoms with van der Waals surface area (Å²) in [6.45, 7) is 10.6. The van der Waals surface area contributed by atoms with Gasteiger partial charge in [0.2, 0.25) is 0 Å². The van der Waals surface area contributed by atoms with Crippen LogP contribution in [0.3, 0.4) is 0 Å². The highest BCUT2D eigenvalue weighted by Crippen LogP contribution is 2.65. The van der Waals surface area contributed by atoms with Crippen molar-refractivity contribution in [3.8, 4) is 0 Å². The maximum atomic E-state index is 13.2. The van der Waals surface area contributed by atoms with Gasteiger partial charge < -0.3 is 15.2 Å². The topological polar surface area (TPSA) is 58.6 Å². The van der Waals surface area contributed by atoms with Crippen LogP contribution in [0.1, 0.15) is 79.1 Å². The van der Waals surface area contributed by atoms with E-state index in [1.54, 1.807) is 5.57 Å². The number of carbonyl (C=O) groups is 1. The minimum absolute atomic E-state index is 0.0720. The van der Waals surface area contributed by atoms with Crippen LogP contribution < -0.4 is 5.32 Å². The molecule has 2 saturated heterocycles. The van der Waals surface area contributed by atoms with Crippen molar-refractivity contribution in [1.82, 2.24) is 5.32 Å². The van der Waals surface area contributed by atoms with Crippen molar-refractivity contribution in [2.45, 2.75) is 103 Å². The summed E-state index contributed by atoms with van der Waals surface area (Å²) in [5.41, 5.74) is 3.15. The number of hydrogen-bond donors (Lipinski definition) is 2. The van der Waals surface area contributed by atoms with Gasteiger partial charge in [-0.25, -0.2) is 0 Å². The van der Waals surface area contributed by atoms with Gasteiger partial charge in [-0.15, -0.1) is 0 Å². The van der Waals surface area contributed by atoms with E-state index in [4.69, 9.17) is 4.74 Å². The number of carbonyl (C=O) groups excluding carboxylic acids is 1. The highest BCUT2D eigenvalue weighted by atomic mass is 16.5. The maximum Gasteiger partial charge on any atom is 0.136 e. The van der Waals surface area contributed by atoms with Crippen LogP contribution in [0.15, 0.2) is 11.1 Å². The maximum absolute atomic E-state index is 13.2. The first-order chi connectivity index (χ1) is 14.7. The van der Waals surface area contributed by atoms with Crippen LogP contribution in [-0.2, 0) is 9.53 Å². The molecule has 5 fully saturated rings. The third-order valence-corrected chi connectivity index (χ3v) is 11.2. The van der Waals surface area contributed by atoms with E-state index in [1.807, 2.05) is 0 Å².